The normalized spacial score (nSPS) is 24.5. The van der Waals surface area contributed by atoms with Crippen molar-refractivity contribution in [3.05, 3.63) is 215 Å². The van der Waals surface area contributed by atoms with E-state index in [4.69, 9.17) is 52.1 Å². The molecule has 0 aromatic heterocycles. The van der Waals surface area contributed by atoms with Gasteiger partial charge < -0.3 is 52.1 Å². The highest BCUT2D eigenvalue weighted by atomic mass is 16.8. The van der Waals surface area contributed by atoms with Gasteiger partial charge >= 0.3 is 0 Å². The van der Waals surface area contributed by atoms with E-state index in [9.17, 15) is 5.26 Å². The number of nitrogens with zero attached hydrogens (tertiary/aromatic N) is 1. The molecule has 366 valence electrons. The molecule has 70 heavy (non-hydrogen) atoms. The Morgan fingerprint density at radius 1 is 0.386 bits per heavy atom. The molecule has 2 saturated heterocycles. The van der Waals surface area contributed by atoms with E-state index >= 15 is 0 Å². The molecule has 2 heterocycles. The lowest BCUT2D eigenvalue weighted by Gasteiger charge is -2.50. The fourth-order valence-electron chi connectivity index (χ4n) is 8.62. The number of hydrogen-bond donors (Lipinski definition) is 0. The van der Waals surface area contributed by atoms with Gasteiger partial charge in [-0.2, -0.15) is 5.26 Å². The molecule has 6 aromatic rings. The van der Waals surface area contributed by atoms with Crippen molar-refractivity contribution in [2.24, 2.45) is 0 Å². The van der Waals surface area contributed by atoms with Gasteiger partial charge in [-0.05, 0) is 33.4 Å². The van der Waals surface area contributed by atoms with Crippen molar-refractivity contribution >= 4 is 0 Å². The van der Waals surface area contributed by atoms with Crippen LogP contribution in [0.1, 0.15) is 39.8 Å². The summed E-state index contributed by atoms with van der Waals surface area (Å²) in [5.74, 6) is 0. The minimum absolute atomic E-state index is 0.0954. The van der Waals surface area contributed by atoms with Gasteiger partial charge in [0.1, 0.15) is 48.8 Å². The summed E-state index contributed by atoms with van der Waals surface area (Å²) in [7, 11) is 1.56. The molecule has 0 amide bonds. The van der Waals surface area contributed by atoms with E-state index in [1.54, 1.807) is 7.11 Å². The van der Waals surface area contributed by atoms with E-state index in [1.165, 1.54) is 0 Å². The molecule has 0 bridgehead atoms. The number of benzene rings is 6. The average Bonchev–Trinajstić information content (AvgIpc) is 3.41. The van der Waals surface area contributed by atoms with Crippen LogP contribution in [0.25, 0.3) is 0 Å². The third kappa shape index (κ3) is 14.9. The summed E-state index contributed by atoms with van der Waals surface area (Å²) in [6.45, 7) is 1.96. The highest BCUT2D eigenvalue weighted by Gasteiger charge is 2.54. The quantitative estimate of drug-likeness (QED) is 0.0481. The van der Waals surface area contributed by atoms with Crippen LogP contribution >= 0.6 is 0 Å². The van der Waals surface area contributed by atoms with Crippen molar-refractivity contribution in [2.45, 2.75) is 107 Å². The monoisotopic (exact) mass is 949 g/mol. The first kappa shape index (κ1) is 50.7. The zero-order chi connectivity index (χ0) is 48.0. The molecule has 0 saturated carbocycles. The largest absolute Gasteiger partial charge is 0.374 e. The van der Waals surface area contributed by atoms with Gasteiger partial charge in [0.2, 0.25) is 0 Å². The molecule has 6 aromatic carbocycles. The zero-order valence-corrected chi connectivity index (χ0v) is 39.6. The van der Waals surface area contributed by atoms with Crippen molar-refractivity contribution in [3.63, 3.8) is 0 Å². The van der Waals surface area contributed by atoms with E-state index in [2.05, 4.69) is 6.07 Å². The topological polar surface area (TPSA) is 125 Å². The molecule has 10 atom stereocenters. The number of ether oxygens (including phenoxy) is 11. The Morgan fingerprint density at radius 3 is 1.11 bits per heavy atom. The van der Waals surface area contributed by atoms with Gasteiger partial charge in [-0.3, -0.25) is 0 Å². The van der Waals surface area contributed by atoms with Gasteiger partial charge in [-0.15, -0.1) is 0 Å². The summed E-state index contributed by atoms with van der Waals surface area (Å²) < 4.78 is 74.6. The SMILES string of the molecule is CO[C@@H]1O[C@H](COCc2ccccc2)[C@H](O[C@H]2O[C@H](COCc3ccccc3)[C@H](OCc3ccccc3)[C@H](OCc3ccccc3)[C@H]2OCc2ccccc2)[C@H](OCc2ccccc2)[C@H]1OCCC#N. The Morgan fingerprint density at radius 2 is 0.714 bits per heavy atom. The lowest BCUT2D eigenvalue weighted by Crippen LogP contribution is -2.66. The van der Waals surface area contributed by atoms with Crippen LogP contribution in [0.2, 0.25) is 0 Å². The first-order valence-electron chi connectivity index (χ1n) is 24.0. The first-order valence-corrected chi connectivity index (χ1v) is 24.0. The fraction of sp³-hybridized carbons (Fsp3) is 0.362. The van der Waals surface area contributed by atoms with Gasteiger partial charge in [0.25, 0.3) is 0 Å². The minimum Gasteiger partial charge on any atom is -0.374 e. The molecule has 12 nitrogen and oxygen atoms in total. The number of methoxy groups -OCH3 is 1. The molecule has 2 fully saturated rings. The Bertz CT molecular complexity index is 2380. The Labute approximate surface area is 411 Å². The third-order valence-corrected chi connectivity index (χ3v) is 12.2. The second-order valence-corrected chi connectivity index (χ2v) is 17.2. The Balaban J connectivity index is 1.19. The Kier molecular flexibility index (Phi) is 20.1. The van der Waals surface area contributed by atoms with Gasteiger partial charge in [0.15, 0.2) is 12.6 Å². The lowest BCUT2D eigenvalue weighted by atomic mass is 9.95. The molecule has 2 aliphatic rings. The van der Waals surface area contributed by atoms with Crippen molar-refractivity contribution in [1.82, 2.24) is 0 Å². The number of nitriles is 1. The molecule has 0 aliphatic carbocycles. The van der Waals surface area contributed by atoms with Crippen LogP contribution < -0.4 is 0 Å². The third-order valence-electron chi connectivity index (χ3n) is 12.2. The predicted molar refractivity (Wildman–Crippen MR) is 261 cm³/mol. The average molecular weight is 950 g/mol. The van der Waals surface area contributed by atoms with E-state index < -0.39 is 61.4 Å². The molecule has 0 unspecified atom stereocenters. The summed E-state index contributed by atoms with van der Waals surface area (Å²) in [6, 6.07) is 62.0. The van der Waals surface area contributed by atoms with Crippen molar-refractivity contribution in [2.75, 3.05) is 26.9 Å². The van der Waals surface area contributed by atoms with Gasteiger partial charge in [-0.25, -0.2) is 0 Å². The summed E-state index contributed by atoms with van der Waals surface area (Å²) in [6.07, 6.45) is -8.27. The maximum Gasteiger partial charge on any atom is 0.187 e. The van der Waals surface area contributed by atoms with Gasteiger partial charge in [0.05, 0.1) is 72.0 Å². The molecule has 8 rings (SSSR count). The molecular weight excluding hydrogens is 887 g/mol. The second kappa shape index (κ2) is 27.7. The standard InChI is InChI=1S/C58H63NO11/c1-60-57-55(63-34-20-33-59)54(66-39-47-29-16-6-17-30-47)52(50(68-57)42-62-36-44-23-10-3-11-24-44)70-58-56(67-40-48-31-18-7-19-32-48)53(65-38-46-27-14-5-15-28-46)51(64-37-45-25-12-4-13-26-45)49(69-58)41-61-35-43-21-8-2-9-22-43/h2-19,21-32,49-58H,20,34-42H2,1H3/t49-,50-,51+,52+,53+,54+,55-,56-,57-,58-/m1/s1. The van der Waals surface area contributed by atoms with Crippen molar-refractivity contribution < 1.29 is 52.1 Å². The van der Waals surface area contributed by atoms with E-state index in [0.717, 1.165) is 33.4 Å². The molecule has 2 aliphatic heterocycles. The van der Waals surface area contributed by atoms with E-state index in [-0.39, 0.29) is 52.7 Å². The van der Waals surface area contributed by atoms with E-state index in [1.807, 2.05) is 182 Å². The summed E-state index contributed by atoms with van der Waals surface area (Å²) in [5, 5.41) is 9.59. The van der Waals surface area contributed by atoms with Crippen molar-refractivity contribution in [1.29, 1.82) is 5.26 Å². The highest BCUT2D eigenvalue weighted by molar-refractivity contribution is 5.18. The van der Waals surface area contributed by atoms with E-state index in [0.29, 0.717) is 13.2 Å². The van der Waals surface area contributed by atoms with Crippen LogP contribution in [-0.2, 0) is 91.7 Å². The molecule has 0 N–H and O–H groups in total. The summed E-state index contributed by atoms with van der Waals surface area (Å²) >= 11 is 0. The van der Waals surface area contributed by atoms with Gasteiger partial charge in [-0.1, -0.05) is 182 Å². The fourth-order valence-corrected chi connectivity index (χ4v) is 8.62. The minimum atomic E-state index is -1.11. The maximum atomic E-state index is 9.59. The Hall–Kier alpha value is -5.63. The van der Waals surface area contributed by atoms with Crippen LogP contribution in [0.15, 0.2) is 182 Å². The maximum absolute atomic E-state index is 9.59. The van der Waals surface area contributed by atoms with Crippen LogP contribution in [0.5, 0.6) is 0 Å². The van der Waals surface area contributed by atoms with Crippen LogP contribution in [0.3, 0.4) is 0 Å². The predicted octanol–water partition coefficient (Wildman–Crippen LogP) is 9.54. The van der Waals surface area contributed by atoms with Crippen LogP contribution in [-0.4, -0.2) is 88.3 Å². The van der Waals surface area contributed by atoms with Gasteiger partial charge in [0, 0.05) is 7.11 Å². The second-order valence-electron chi connectivity index (χ2n) is 17.2. The zero-order valence-electron chi connectivity index (χ0n) is 39.6. The molecule has 12 heteroatoms. The molecular formula is C58H63NO11. The molecule has 0 radical (unpaired) electrons. The summed E-state index contributed by atoms with van der Waals surface area (Å²) in [5.41, 5.74) is 5.86. The molecule has 0 spiro atoms. The van der Waals surface area contributed by atoms with Crippen LogP contribution in [0.4, 0.5) is 0 Å². The summed E-state index contributed by atoms with van der Waals surface area (Å²) in [4.78, 5) is 0. The van der Waals surface area contributed by atoms with Crippen molar-refractivity contribution in [3.8, 4) is 6.07 Å². The lowest BCUT2D eigenvalue weighted by molar-refractivity contribution is -0.375. The van der Waals surface area contributed by atoms with Crippen LogP contribution in [0, 0.1) is 11.3 Å². The number of hydrogen-bond acceptors (Lipinski definition) is 12. The smallest absolute Gasteiger partial charge is 0.187 e. The number of rotatable bonds is 26. The highest BCUT2D eigenvalue weighted by Crippen LogP contribution is 2.37. The first-order chi connectivity index (χ1) is 34.6.